The Morgan fingerprint density at radius 3 is 2.46 bits per heavy atom. The molecular formula is C15H17ClN4O3S. The van der Waals surface area contributed by atoms with Crippen LogP contribution in [0.2, 0.25) is 5.02 Å². The number of anilines is 1. The van der Waals surface area contributed by atoms with Gasteiger partial charge in [-0.15, -0.1) is 0 Å². The van der Waals surface area contributed by atoms with Crippen molar-refractivity contribution in [3.05, 3.63) is 46.7 Å². The molecule has 9 heteroatoms. The van der Waals surface area contributed by atoms with Gasteiger partial charge in [-0.05, 0) is 38.1 Å². The Morgan fingerprint density at radius 2 is 1.88 bits per heavy atom. The third kappa shape index (κ3) is 4.73. The van der Waals surface area contributed by atoms with Crippen LogP contribution in [0.4, 0.5) is 5.95 Å². The van der Waals surface area contributed by atoms with Crippen molar-refractivity contribution in [3.63, 3.8) is 0 Å². The smallest absolute Gasteiger partial charge is 0.240 e. The van der Waals surface area contributed by atoms with Crippen molar-refractivity contribution >= 4 is 33.4 Å². The van der Waals surface area contributed by atoms with Crippen LogP contribution < -0.4 is 10.0 Å². The molecule has 0 radical (unpaired) electrons. The van der Waals surface area contributed by atoms with Crippen LogP contribution in [0.25, 0.3) is 0 Å². The molecule has 0 saturated carbocycles. The summed E-state index contributed by atoms with van der Waals surface area (Å²) in [6.07, 6.45) is 1.45. The van der Waals surface area contributed by atoms with Gasteiger partial charge in [-0.3, -0.25) is 4.79 Å². The molecule has 0 bridgehead atoms. The summed E-state index contributed by atoms with van der Waals surface area (Å²) in [4.78, 5) is 19.7. The molecule has 0 saturated heterocycles. The van der Waals surface area contributed by atoms with Crippen LogP contribution in [-0.2, 0) is 10.0 Å². The zero-order valence-electron chi connectivity index (χ0n) is 13.2. The van der Waals surface area contributed by atoms with Crippen LogP contribution in [0, 0.1) is 6.92 Å². The minimum absolute atomic E-state index is 0.102. The van der Waals surface area contributed by atoms with Gasteiger partial charge in [0.1, 0.15) is 0 Å². The highest BCUT2D eigenvalue weighted by molar-refractivity contribution is 7.89. The number of hydrogen-bond donors (Lipinski definition) is 2. The standard InChI is InChI=1S/C15H17ClN4O3S/c1-10-14(11(2)21)9-18-15(20-10)17-7-8-19-24(22,23)13-5-3-12(16)4-6-13/h3-6,9,19H,7-8H2,1-2H3,(H,17,18,20). The molecule has 2 rings (SSSR count). The molecule has 24 heavy (non-hydrogen) atoms. The maximum absolute atomic E-state index is 12.1. The highest BCUT2D eigenvalue weighted by Gasteiger charge is 2.13. The van der Waals surface area contributed by atoms with Gasteiger partial charge in [-0.1, -0.05) is 11.6 Å². The van der Waals surface area contributed by atoms with E-state index in [1.165, 1.54) is 37.4 Å². The van der Waals surface area contributed by atoms with Crippen molar-refractivity contribution in [1.82, 2.24) is 14.7 Å². The maximum Gasteiger partial charge on any atom is 0.240 e. The number of ketones is 1. The minimum atomic E-state index is -3.59. The SMILES string of the molecule is CC(=O)c1cnc(NCCNS(=O)(=O)c2ccc(Cl)cc2)nc1C. The number of nitrogens with one attached hydrogen (secondary N) is 2. The Morgan fingerprint density at radius 1 is 1.21 bits per heavy atom. The molecule has 0 fully saturated rings. The predicted molar refractivity (Wildman–Crippen MR) is 91.9 cm³/mol. The number of halogens is 1. The second-order valence-electron chi connectivity index (χ2n) is 5.03. The molecular weight excluding hydrogens is 352 g/mol. The largest absolute Gasteiger partial charge is 0.353 e. The number of Topliss-reactive ketones (excluding diaryl/α,β-unsaturated/α-hetero) is 1. The van der Waals surface area contributed by atoms with E-state index in [1.807, 2.05) is 0 Å². The van der Waals surface area contributed by atoms with E-state index in [4.69, 9.17) is 11.6 Å². The van der Waals surface area contributed by atoms with Crippen molar-refractivity contribution in [2.75, 3.05) is 18.4 Å². The highest BCUT2D eigenvalue weighted by atomic mass is 35.5. The van der Waals surface area contributed by atoms with Gasteiger partial charge >= 0.3 is 0 Å². The fraction of sp³-hybridized carbons (Fsp3) is 0.267. The van der Waals surface area contributed by atoms with Crippen LogP contribution in [0.3, 0.4) is 0 Å². The molecule has 0 amide bonds. The van der Waals surface area contributed by atoms with Crippen molar-refractivity contribution in [2.24, 2.45) is 0 Å². The van der Waals surface area contributed by atoms with Gasteiger partial charge in [-0.25, -0.2) is 23.1 Å². The van der Waals surface area contributed by atoms with Gasteiger partial charge in [0.05, 0.1) is 16.2 Å². The van der Waals surface area contributed by atoms with Crippen molar-refractivity contribution < 1.29 is 13.2 Å². The number of rotatable bonds is 7. The summed E-state index contributed by atoms with van der Waals surface area (Å²) < 4.78 is 26.6. The molecule has 2 aromatic rings. The Hall–Kier alpha value is -2.03. The minimum Gasteiger partial charge on any atom is -0.353 e. The number of carbonyl (C=O) groups is 1. The second-order valence-corrected chi connectivity index (χ2v) is 7.23. The summed E-state index contributed by atoms with van der Waals surface area (Å²) in [6.45, 7) is 3.62. The first-order valence-corrected chi connectivity index (χ1v) is 8.99. The second kappa shape index (κ2) is 7.69. The zero-order valence-corrected chi connectivity index (χ0v) is 14.8. The number of benzene rings is 1. The Bertz CT molecular complexity index is 838. The van der Waals surface area contributed by atoms with Gasteiger partial charge in [-0.2, -0.15) is 0 Å². The summed E-state index contributed by atoms with van der Waals surface area (Å²) in [7, 11) is -3.59. The fourth-order valence-electron chi connectivity index (χ4n) is 1.95. The van der Waals surface area contributed by atoms with Crippen LogP contribution in [0.15, 0.2) is 35.4 Å². The molecule has 0 spiro atoms. The van der Waals surface area contributed by atoms with Gasteiger partial charge in [0.15, 0.2) is 5.78 Å². The Labute approximate surface area is 145 Å². The summed E-state index contributed by atoms with van der Waals surface area (Å²) >= 11 is 5.74. The molecule has 0 atom stereocenters. The quantitative estimate of drug-likeness (QED) is 0.572. The van der Waals surface area contributed by atoms with E-state index >= 15 is 0 Å². The number of sulfonamides is 1. The third-order valence-electron chi connectivity index (χ3n) is 3.18. The molecule has 1 aromatic heterocycles. The summed E-state index contributed by atoms with van der Waals surface area (Å²) in [5.41, 5.74) is 1.03. The summed E-state index contributed by atoms with van der Waals surface area (Å²) in [6, 6.07) is 5.90. The van der Waals surface area contributed by atoms with Gasteiger partial charge in [0.25, 0.3) is 0 Å². The van der Waals surface area contributed by atoms with Crippen molar-refractivity contribution in [1.29, 1.82) is 0 Å². The molecule has 2 N–H and O–H groups in total. The van der Waals surface area contributed by atoms with E-state index in [1.54, 1.807) is 6.92 Å². The van der Waals surface area contributed by atoms with Gasteiger partial charge in [0.2, 0.25) is 16.0 Å². The van der Waals surface area contributed by atoms with E-state index in [0.717, 1.165) is 0 Å². The van der Waals surface area contributed by atoms with Crippen LogP contribution >= 0.6 is 11.6 Å². The van der Waals surface area contributed by atoms with Crippen LogP contribution in [-0.4, -0.2) is 37.3 Å². The molecule has 1 heterocycles. The number of aromatic nitrogens is 2. The van der Waals surface area contributed by atoms with Gasteiger partial charge < -0.3 is 5.32 Å². The van der Waals surface area contributed by atoms with E-state index in [2.05, 4.69) is 20.0 Å². The van der Waals surface area contributed by atoms with Crippen molar-refractivity contribution in [3.8, 4) is 0 Å². The molecule has 0 aliphatic rings. The monoisotopic (exact) mass is 368 g/mol. The third-order valence-corrected chi connectivity index (χ3v) is 4.91. The first kappa shape index (κ1) is 18.3. The summed E-state index contributed by atoms with van der Waals surface area (Å²) in [5.74, 6) is 0.234. The maximum atomic E-state index is 12.1. The number of nitrogens with zero attached hydrogens (tertiary/aromatic N) is 2. The number of hydrogen-bond acceptors (Lipinski definition) is 6. The van der Waals surface area contributed by atoms with E-state index in [9.17, 15) is 13.2 Å². The molecule has 128 valence electrons. The normalized spacial score (nSPS) is 11.3. The average molecular weight is 369 g/mol. The van der Waals surface area contributed by atoms with E-state index in [0.29, 0.717) is 28.8 Å². The van der Waals surface area contributed by atoms with E-state index < -0.39 is 10.0 Å². The Balaban J connectivity index is 1.89. The lowest BCUT2D eigenvalue weighted by Crippen LogP contribution is -2.29. The van der Waals surface area contributed by atoms with E-state index in [-0.39, 0.29) is 17.2 Å². The number of carbonyl (C=O) groups excluding carboxylic acids is 1. The molecule has 0 aliphatic carbocycles. The Kier molecular flexibility index (Phi) is 5.87. The topological polar surface area (TPSA) is 101 Å². The first-order chi connectivity index (χ1) is 11.3. The lowest BCUT2D eigenvalue weighted by molar-refractivity contribution is 0.101. The van der Waals surface area contributed by atoms with Crippen LogP contribution in [0.1, 0.15) is 23.0 Å². The van der Waals surface area contributed by atoms with Crippen molar-refractivity contribution in [2.45, 2.75) is 18.7 Å². The lowest BCUT2D eigenvalue weighted by atomic mass is 10.2. The number of aryl methyl sites for hydroxylation is 1. The van der Waals surface area contributed by atoms with Crippen LogP contribution in [0.5, 0.6) is 0 Å². The predicted octanol–water partition coefficient (Wildman–Crippen LogP) is 2.03. The molecule has 0 aliphatic heterocycles. The molecule has 1 aromatic carbocycles. The van der Waals surface area contributed by atoms with Gasteiger partial charge in [0, 0.05) is 24.3 Å². The highest BCUT2D eigenvalue weighted by Crippen LogP contribution is 2.13. The summed E-state index contributed by atoms with van der Waals surface area (Å²) in [5, 5.41) is 3.37. The molecule has 0 unspecified atom stereocenters. The average Bonchev–Trinajstić information content (AvgIpc) is 2.52. The molecule has 7 nitrogen and oxygen atoms in total. The lowest BCUT2D eigenvalue weighted by Gasteiger charge is -2.09. The zero-order chi connectivity index (χ0) is 17.7. The first-order valence-electron chi connectivity index (χ1n) is 7.13. The fourth-order valence-corrected chi connectivity index (χ4v) is 3.11.